The summed E-state index contributed by atoms with van der Waals surface area (Å²) in [5.41, 5.74) is 5.22. The van der Waals surface area contributed by atoms with Gasteiger partial charge < -0.3 is 10.2 Å². The van der Waals surface area contributed by atoms with Crippen LogP contribution in [0.15, 0.2) is 21.6 Å². The summed E-state index contributed by atoms with van der Waals surface area (Å²) in [4.78, 5) is 1.14. The molecule has 1 rings (SSSR count). The van der Waals surface area contributed by atoms with E-state index in [2.05, 4.69) is 0 Å². The summed E-state index contributed by atoms with van der Waals surface area (Å²) < 4.78 is 5.12. The minimum Gasteiger partial charge on any atom is -0.468 e. The number of furan rings is 1. The Kier molecular flexibility index (Phi) is 3.22. The number of nitrogens with two attached hydrogens (primary N) is 1. The molecule has 0 aliphatic rings. The highest BCUT2D eigenvalue weighted by atomic mass is 32.2. The van der Waals surface area contributed by atoms with Crippen molar-refractivity contribution in [3.8, 4) is 0 Å². The molecular weight excluding hydrogens is 172 g/mol. The lowest BCUT2D eigenvalue weighted by molar-refractivity contribution is 0.527. The van der Waals surface area contributed by atoms with Crippen LogP contribution in [0, 0.1) is 12.3 Å². The molecule has 0 aliphatic carbocycles. The number of thioether (sulfide) groups is 1. The lowest BCUT2D eigenvalue weighted by Gasteiger charge is -1.97. The molecular formula is C8H12N2OS. The van der Waals surface area contributed by atoms with E-state index in [4.69, 9.17) is 15.6 Å². The summed E-state index contributed by atoms with van der Waals surface area (Å²) in [5.74, 6) is 2.02. The molecule has 0 aromatic carbocycles. The smallest absolute Gasteiger partial charge is 0.114 e. The summed E-state index contributed by atoms with van der Waals surface area (Å²) in [6.45, 7) is 1.93. The van der Waals surface area contributed by atoms with E-state index in [1.165, 1.54) is 0 Å². The van der Waals surface area contributed by atoms with Gasteiger partial charge in [-0.15, -0.1) is 11.8 Å². The van der Waals surface area contributed by atoms with Crippen LogP contribution < -0.4 is 5.73 Å². The molecule has 0 amide bonds. The molecule has 0 unspecified atom stereocenters. The third kappa shape index (κ3) is 2.62. The van der Waals surface area contributed by atoms with E-state index in [1.807, 2.05) is 13.0 Å². The topological polar surface area (TPSA) is 63.0 Å². The van der Waals surface area contributed by atoms with E-state index in [9.17, 15) is 0 Å². The fourth-order valence-electron chi connectivity index (χ4n) is 0.794. The second-order valence-corrected chi connectivity index (χ2v) is 3.60. The van der Waals surface area contributed by atoms with Gasteiger partial charge in [-0.2, -0.15) is 0 Å². The van der Waals surface area contributed by atoms with Crippen LogP contribution in [0.5, 0.6) is 0 Å². The third-order valence-electron chi connectivity index (χ3n) is 1.44. The molecule has 0 saturated heterocycles. The average molecular weight is 184 g/mol. The Morgan fingerprint density at radius 1 is 1.75 bits per heavy atom. The molecule has 1 aromatic rings. The summed E-state index contributed by atoms with van der Waals surface area (Å²) in [5, 5.41) is 7.02. The standard InChI is InChI=1S/C8H12N2OS/c1-6-7(2-4-11-6)12-5-3-8(9)10/h2,4H,3,5H2,1H3,(H3,9,10). The molecule has 3 N–H and O–H groups in total. The zero-order valence-electron chi connectivity index (χ0n) is 6.96. The number of aryl methyl sites for hydroxylation is 1. The van der Waals surface area contributed by atoms with Gasteiger partial charge in [0.25, 0.3) is 0 Å². The van der Waals surface area contributed by atoms with Crippen molar-refractivity contribution in [2.45, 2.75) is 18.2 Å². The quantitative estimate of drug-likeness (QED) is 0.427. The molecule has 4 heteroatoms. The van der Waals surface area contributed by atoms with Crippen LogP contribution in [-0.4, -0.2) is 11.6 Å². The Labute approximate surface area is 75.8 Å². The number of rotatable bonds is 4. The number of hydrogen-bond donors (Lipinski definition) is 2. The maximum absolute atomic E-state index is 7.02. The minimum atomic E-state index is 0.239. The zero-order valence-corrected chi connectivity index (χ0v) is 7.78. The Hall–Kier alpha value is -0.900. The van der Waals surface area contributed by atoms with Crippen molar-refractivity contribution in [3.05, 3.63) is 18.1 Å². The summed E-state index contributed by atoms with van der Waals surface area (Å²) in [6, 6.07) is 1.93. The maximum atomic E-state index is 7.02. The van der Waals surface area contributed by atoms with E-state index >= 15 is 0 Å². The Morgan fingerprint density at radius 2 is 2.50 bits per heavy atom. The van der Waals surface area contributed by atoms with Crippen molar-refractivity contribution in [1.29, 1.82) is 5.41 Å². The van der Waals surface area contributed by atoms with Gasteiger partial charge in [0.15, 0.2) is 0 Å². The molecule has 0 fully saturated rings. The highest BCUT2D eigenvalue weighted by Gasteiger charge is 2.01. The molecule has 1 heterocycles. The number of amidine groups is 1. The third-order valence-corrected chi connectivity index (χ3v) is 2.58. The van der Waals surface area contributed by atoms with Gasteiger partial charge in [-0.3, -0.25) is 5.41 Å². The first kappa shape index (κ1) is 9.19. The maximum Gasteiger partial charge on any atom is 0.114 e. The molecule has 0 saturated carbocycles. The fraction of sp³-hybridized carbons (Fsp3) is 0.375. The van der Waals surface area contributed by atoms with E-state index in [1.54, 1.807) is 18.0 Å². The first-order chi connectivity index (χ1) is 5.70. The van der Waals surface area contributed by atoms with Gasteiger partial charge in [0.05, 0.1) is 12.1 Å². The van der Waals surface area contributed by atoms with Crippen LogP contribution in [-0.2, 0) is 0 Å². The molecule has 0 bridgehead atoms. The van der Waals surface area contributed by atoms with Gasteiger partial charge in [-0.25, -0.2) is 0 Å². The van der Waals surface area contributed by atoms with Crippen LogP contribution in [0.1, 0.15) is 12.2 Å². The Balaban J connectivity index is 2.33. The van der Waals surface area contributed by atoms with Crippen LogP contribution in [0.2, 0.25) is 0 Å². The van der Waals surface area contributed by atoms with E-state index in [0.29, 0.717) is 6.42 Å². The monoisotopic (exact) mass is 184 g/mol. The molecule has 1 aromatic heterocycles. The molecule has 0 aliphatic heterocycles. The first-order valence-corrected chi connectivity index (χ1v) is 4.68. The highest BCUT2D eigenvalue weighted by Crippen LogP contribution is 2.23. The van der Waals surface area contributed by atoms with Crippen molar-refractivity contribution in [1.82, 2.24) is 0 Å². The second kappa shape index (κ2) is 4.21. The van der Waals surface area contributed by atoms with E-state index in [-0.39, 0.29) is 5.84 Å². The second-order valence-electron chi connectivity index (χ2n) is 2.46. The number of hydrogen-bond acceptors (Lipinski definition) is 3. The normalized spacial score (nSPS) is 10.1. The summed E-state index contributed by atoms with van der Waals surface area (Å²) in [7, 11) is 0. The van der Waals surface area contributed by atoms with E-state index < -0.39 is 0 Å². The van der Waals surface area contributed by atoms with Crippen LogP contribution in [0.25, 0.3) is 0 Å². The molecule has 0 spiro atoms. The Bertz CT molecular complexity index is 270. The molecule has 0 radical (unpaired) electrons. The van der Waals surface area contributed by atoms with Crippen molar-refractivity contribution in [2.75, 3.05) is 5.75 Å². The fourth-order valence-corrected chi connectivity index (χ4v) is 1.74. The van der Waals surface area contributed by atoms with Crippen LogP contribution >= 0.6 is 11.8 Å². The highest BCUT2D eigenvalue weighted by molar-refractivity contribution is 7.99. The van der Waals surface area contributed by atoms with Crippen molar-refractivity contribution < 1.29 is 4.42 Å². The molecule has 0 atom stereocenters. The average Bonchev–Trinajstić information content (AvgIpc) is 2.36. The van der Waals surface area contributed by atoms with Gasteiger partial charge in [-0.05, 0) is 13.0 Å². The summed E-state index contributed by atoms with van der Waals surface area (Å²) in [6.07, 6.45) is 2.31. The van der Waals surface area contributed by atoms with Gasteiger partial charge >= 0.3 is 0 Å². The first-order valence-electron chi connectivity index (χ1n) is 3.70. The molecule has 66 valence electrons. The van der Waals surface area contributed by atoms with Gasteiger partial charge in [0, 0.05) is 17.1 Å². The van der Waals surface area contributed by atoms with E-state index in [0.717, 1.165) is 16.4 Å². The van der Waals surface area contributed by atoms with Crippen molar-refractivity contribution >= 4 is 17.6 Å². The largest absolute Gasteiger partial charge is 0.468 e. The molecule has 3 nitrogen and oxygen atoms in total. The lowest BCUT2D eigenvalue weighted by atomic mass is 10.5. The molecule has 12 heavy (non-hydrogen) atoms. The minimum absolute atomic E-state index is 0.239. The Morgan fingerprint density at radius 3 is 3.00 bits per heavy atom. The number of nitrogens with one attached hydrogen (secondary N) is 1. The van der Waals surface area contributed by atoms with Gasteiger partial charge in [-0.1, -0.05) is 0 Å². The van der Waals surface area contributed by atoms with Crippen LogP contribution in [0.4, 0.5) is 0 Å². The SMILES string of the molecule is Cc1occc1SCCC(=N)N. The van der Waals surface area contributed by atoms with Gasteiger partial charge in [0.2, 0.25) is 0 Å². The predicted molar refractivity (Wildman–Crippen MR) is 50.7 cm³/mol. The van der Waals surface area contributed by atoms with Crippen molar-refractivity contribution in [3.63, 3.8) is 0 Å². The van der Waals surface area contributed by atoms with Crippen LogP contribution in [0.3, 0.4) is 0 Å². The van der Waals surface area contributed by atoms with Gasteiger partial charge in [0.1, 0.15) is 5.76 Å². The summed E-state index contributed by atoms with van der Waals surface area (Å²) >= 11 is 1.67. The van der Waals surface area contributed by atoms with Crippen molar-refractivity contribution in [2.24, 2.45) is 5.73 Å². The lowest BCUT2D eigenvalue weighted by Crippen LogP contribution is -2.09. The zero-order chi connectivity index (χ0) is 8.97. The predicted octanol–water partition coefficient (Wildman–Crippen LogP) is 2.01.